The molecule has 0 aliphatic rings. The SMILES string of the molecule is C[Si](C)(C)OS(=O)(=O)C(F)(F)F.FB(F)F. The fraction of sp³-hybridized carbons (Fsp3) is 1.00. The van der Waals surface area contributed by atoms with Crippen molar-refractivity contribution in [1.82, 2.24) is 0 Å². The second kappa shape index (κ2) is 5.91. The Morgan fingerprint density at radius 1 is 1.06 bits per heavy atom. The van der Waals surface area contributed by atoms with Crippen LogP contribution in [-0.2, 0) is 14.0 Å². The van der Waals surface area contributed by atoms with Crippen molar-refractivity contribution in [1.29, 1.82) is 0 Å². The van der Waals surface area contributed by atoms with Gasteiger partial charge in [0.1, 0.15) is 0 Å². The molecular formula is C4H9BF6O3SSi. The van der Waals surface area contributed by atoms with Crippen LogP contribution < -0.4 is 0 Å². The van der Waals surface area contributed by atoms with Gasteiger partial charge in [-0.2, -0.15) is 21.6 Å². The van der Waals surface area contributed by atoms with E-state index in [1.807, 2.05) is 0 Å². The van der Waals surface area contributed by atoms with Gasteiger partial charge in [0.15, 0.2) is 0 Å². The van der Waals surface area contributed by atoms with Crippen LogP contribution in [0.25, 0.3) is 0 Å². The fourth-order valence-electron chi connectivity index (χ4n) is 0.376. The zero-order valence-corrected chi connectivity index (χ0v) is 10.3. The first-order valence-corrected chi connectivity index (χ1v) is 8.45. The maximum absolute atomic E-state index is 11.7. The molecule has 0 unspecified atom stereocenters. The van der Waals surface area contributed by atoms with Crippen molar-refractivity contribution in [2.75, 3.05) is 0 Å². The molecule has 0 atom stereocenters. The Morgan fingerprint density at radius 2 is 1.31 bits per heavy atom. The smallest absolute Gasteiger partial charge is 0.309 e. The van der Waals surface area contributed by atoms with Crippen LogP contribution in [-0.4, -0.2) is 29.8 Å². The molecule has 0 bridgehead atoms. The zero-order valence-electron chi connectivity index (χ0n) is 8.48. The molecule has 0 heterocycles. The van der Waals surface area contributed by atoms with E-state index in [-0.39, 0.29) is 0 Å². The molecule has 0 aliphatic carbocycles. The summed E-state index contributed by atoms with van der Waals surface area (Å²) in [7, 11) is -11.8. The average molecular weight is 290 g/mol. The zero-order chi connectivity index (χ0) is 13.8. The summed E-state index contributed by atoms with van der Waals surface area (Å²) in [4.78, 5) is 0. The summed E-state index contributed by atoms with van der Waals surface area (Å²) < 4.78 is 88.7. The van der Waals surface area contributed by atoms with Crippen LogP contribution in [0.1, 0.15) is 0 Å². The lowest BCUT2D eigenvalue weighted by Crippen LogP contribution is -2.36. The van der Waals surface area contributed by atoms with Gasteiger partial charge in [-0.15, -0.1) is 0 Å². The van der Waals surface area contributed by atoms with E-state index in [2.05, 4.69) is 3.87 Å². The molecule has 0 fully saturated rings. The third kappa shape index (κ3) is 10.3. The number of alkyl halides is 3. The minimum absolute atomic E-state index is 1.36. The summed E-state index contributed by atoms with van der Waals surface area (Å²) in [6.45, 7) is 4.07. The molecule has 0 amide bonds. The molecule has 0 saturated carbocycles. The normalized spacial score (nSPS) is 12.8. The quantitative estimate of drug-likeness (QED) is 0.446. The molecule has 0 aliphatic heterocycles. The van der Waals surface area contributed by atoms with E-state index in [1.54, 1.807) is 0 Å². The maximum Gasteiger partial charge on any atom is 0.762 e. The van der Waals surface area contributed by atoms with E-state index < -0.39 is 31.5 Å². The van der Waals surface area contributed by atoms with Crippen molar-refractivity contribution in [2.45, 2.75) is 25.1 Å². The van der Waals surface area contributed by atoms with Crippen LogP contribution >= 0.6 is 0 Å². The van der Waals surface area contributed by atoms with Gasteiger partial charge in [0, 0.05) is 0 Å². The monoisotopic (exact) mass is 290 g/mol. The molecule has 0 spiro atoms. The second-order valence-corrected chi connectivity index (χ2v) is 9.61. The van der Waals surface area contributed by atoms with Crippen molar-refractivity contribution in [3.63, 3.8) is 0 Å². The molecule has 0 N–H and O–H groups in total. The van der Waals surface area contributed by atoms with Gasteiger partial charge >= 0.3 is 23.2 Å². The molecular weight excluding hydrogens is 281 g/mol. The molecule has 0 aromatic heterocycles. The third-order valence-corrected chi connectivity index (χ3v) is 4.09. The van der Waals surface area contributed by atoms with Crippen molar-refractivity contribution < 1.29 is 38.4 Å². The Labute approximate surface area is 90.3 Å². The Morgan fingerprint density at radius 3 is 1.38 bits per heavy atom. The van der Waals surface area contributed by atoms with E-state index in [1.165, 1.54) is 19.6 Å². The standard InChI is InChI=1S/C4H9F3O3SSi.BF3/c1-12(2,3)10-11(8,9)4(5,6)7;2-1(3)4/h1-3H3;. The predicted octanol–water partition coefficient (Wildman–Crippen LogP) is 2.57. The van der Waals surface area contributed by atoms with Gasteiger partial charge in [-0.3, -0.25) is 12.9 Å². The first-order chi connectivity index (χ1) is 6.69. The van der Waals surface area contributed by atoms with Crippen LogP contribution in [0.15, 0.2) is 0 Å². The van der Waals surface area contributed by atoms with Gasteiger partial charge in [0.25, 0.3) is 0 Å². The van der Waals surface area contributed by atoms with E-state index in [9.17, 15) is 34.5 Å². The fourth-order valence-corrected chi connectivity index (χ4v) is 3.39. The van der Waals surface area contributed by atoms with Gasteiger partial charge in [0.2, 0.25) is 8.32 Å². The molecule has 0 aromatic carbocycles. The Balaban J connectivity index is 0. The topological polar surface area (TPSA) is 43.4 Å². The summed E-state index contributed by atoms with van der Waals surface area (Å²) in [6, 6.07) is 0. The van der Waals surface area contributed by atoms with Gasteiger partial charge in [-0.25, -0.2) is 0 Å². The maximum atomic E-state index is 11.7. The van der Waals surface area contributed by atoms with Crippen molar-refractivity contribution in [3.8, 4) is 0 Å². The van der Waals surface area contributed by atoms with Gasteiger partial charge in [0.05, 0.1) is 0 Å². The first kappa shape index (κ1) is 18.1. The predicted molar refractivity (Wildman–Crippen MR) is 48.5 cm³/mol. The van der Waals surface area contributed by atoms with Crippen molar-refractivity contribution in [3.05, 3.63) is 0 Å². The molecule has 16 heavy (non-hydrogen) atoms. The molecule has 0 saturated heterocycles. The second-order valence-electron chi connectivity index (χ2n) is 3.34. The highest BCUT2D eigenvalue weighted by Crippen LogP contribution is 2.27. The molecule has 0 rings (SSSR count). The van der Waals surface area contributed by atoms with Crippen LogP contribution in [0, 0.1) is 0 Å². The summed E-state index contributed by atoms with van der Waals surface area (Å²) in [5, 5.41) is 0. The number of halogens is 6. The lowest BCUT2D eigenvalue weighted by Gasteiger charge is -2.17. The van der Waals surface area contributed by atoms with Crippen LogP contribution in [0.5, 0.6) is 0 Å². The summed E-state index contributed by atoms with van der Waals surface area (Å²) in [6.07, 6.45) is 0. The molecule has 0 radical (unpaired) electrons. The van der Waals surface area contributed by atoms with Gasteiger partial charge < -0.3 is 3.87 Å². The highest BCUT2D eigenvalue weighted by Gasteiger charge is 2.49. The summed E-state index contributed by atoms with van der Waals surface area (Å²) in [5.41, 5.74) is -5.31. The van der Waals surface area contributed by atoms with E-state index in [0.29, 0.717) is 0 Å². The minimum Gasteiger partial charge on any atom is -0.309 e. The number of rotatable bonds is 2. The molecule has 3 nitrogen and oxygen atoms in total. The largest absolute Gasteiger partial charge is 0.762 e. The van der Waals surface area contributed by atoms with E-state index in [0.717, 1.165) is 0 Å². The molecule has 12 heteroatoms. The lowest BCUT2D eigenvalue weighted by molar-refractivity contribution is -0.0503. The Kier molecular flexibility index (Phi) is 6.70. The number of hydrogen-bond acceptors (Lipinski definition) is 3. The van der Waals surface area contributed by atoms with Gasteiger partial charge in [-0.1, -0.05) is 0 Å². The Hall–Kier alpha value is -0.228. The summed E-state index contributed by atoms with van der Waals surface area (Å²) >= 11 is 0. The van der Waals surface area contributed by atoms with Crippen LogP contribution in [0.4, 0.5) is 26.1 Å². The highest BCUT2D eigenvalue weighted by molar-refractivity contribution is 7.88. The van der Waals surface area contributed by atoms with E-state index >= 15 is 0 Å². The number of hydrogen-bond donors (Lipinski definition) is 0. The van der Waals surface area contributed by atoms with Crippen LogP contribution in [0.3, 0.4) is 0 Å². The minimum atomic E-state index is -5.39. The van der Waals surface area contributed by atoms with Gasteiger partial charge in [-0.05, 0) is 19.6 Å². The summed E-state index contributed by atoms with van der Waals surface area (Å²) in [5.74, 6) is 0. The first-order valence-electron chi connectivity index (χ1n) is 3.63. The van der Waals surface area contributed by atoms with E-state index in [4.69, 9.17) is 0 Å². The highest BCUT2D eigenvalue weighted by atomic mass is 32.2. The molecule has 0 aromatic rings. The van der Waals surface area contributed by atoms with Crippen LogP contribution in [0.2, 0.25) is 19.6 Å². The van der Waals surface area contributed by atoms with Crippen molar-refractivity contribution >= 4 is 26.0 Å². The molecule has 98 valence electrons. The third-order valence-electron chi connectivity index (χ3n) is 0.643. The lowest BCUT2D eigenvalue weighted by atomic mass is 10.5. The average Bonchev–Trinajstić information content (AvgIpc) is 1.74. The Bertz CT molecular complexity index is 293. The van der Waals surface area contributed by atoms with Crippen molar-refractivity contribution in [2.24, 2.45) is 0 Å².